The Morgan fingerprint density at radius 1 is 1.00 bits per heavy atom. The number of carbonyl (C=O) groups excluding carboxylic acids is 2. The highest BCUT2D eigenvalue weighted by molar-refractivity contribution is 7.18. The molecule has 1 aliphatic carbocycles. The fraction of sp³-hybridized carbons (Fsp3) is 0.308. The molecule has 0 radical (unpaired) electrons. The molecular formula is C26H26N2O4S. The van der Waals surface area contributed by atoms with E-state index >= 15 is 0 Å². The molecule has 1 saturated carbocycles. The normalized spacial score (nSPS) is 21.5. The summed E-state index contributed by atoms with van der Waals surface area (Å²) in [5, 5.41) is 13.0. The summed E-state index contributed by atoms with van der Waals surface area (Å²) in [5.74, 6) is -1.79. The van der Waals surface area contributed by atoms with Gasteiger partial charge < -0.3 is 10.4 Å². The summed E-state index contributed by atoms with van der Waals surface area (Å²) < 4.78 is 0. The quantitative estimate of drug-likeness (QED) is 0.471. The van der Waals surface area contributed by atoms with E-state index < -0.39 is 22.7 Å². The number of aromatic nitrogens is 1. The smallest absolute Gasteiger partial charge is 0.309 e. The van der Waals surface area contributed by atoms with Crippen molar-refractivity contribution >= 4 is 34.1 Å². The van der Waals surface area contributed by atoms with Crippen molar-refractivity contribution < 1.29 is 19.5 Å². The van der Waals surface area contributed by atoms with Crippen LogP contribution in [0.4, 0.5) is 5.13 Å². The van der Waals surface area contributed by atoms with Gasteiger partial charge >= 0.3 is 5.97 Å². The molecule has 1 aliphatic rings. The van der Waals surface area contributed by atoms with Gasteiger partial charge in [-0.15, -0.1) is 0 Å². The molecule has 1 heterocycles. The van der Waals surface area contributed by atoms with Crippen LogP contribution in [0.15, 0.2) is 60.7 Å². The maximum Gasteiger partial charge on any atom is 0.309 e. The van der Waals surface area contributed by atoms with E-state index in [2.05, 4.69) is 10.3 Å². The minimum atomic E-state index is -0.985. The van der Waals surface area contributed by atoms with Gasteiger partial charge in [0.15, 0.2) is 5.13 Å². The molecule has 0 aliphatic heterocycles. The lowest BCUT2D eigenvalue weighted by Gasteiger charge is -2.37. The number of hydrogen-bond donors (Lipinski definition) is 2. The van der Waals surface area contributed by atoms with Crippen LogP contribution in [-0.4, -0.2) is 27.8 Å². The predicted octanol–water partition coefficient (Wildman–Crippen LogP) is 5.51. The molecule has 33 heavy (non-hydrogen) atoms. The minimum absolute atomic E-state index is 0.160. The maximum absolute atomic E-state index is 13.3. The van der Waals surface area contributed by atoms with Gasteiger partial charge in [0.05, 0.1) is 11.1 Å². The van der Waals surface area contributed by atoms with Crippen molar-refractivity contribution in [3.8, 4) is 11.3 Å². The summed E-state index contributed by atoms with van der Waals surface area (Å²) in [6.45, 7) is 5.37. The Morgan fingerprint density at radius 2 is 1.61 bits per heavy atom. The number of rotatable bonds is 6. The number of carboxylic acids is 1. The fourth-order valence-electron chi connectivity index (χ4n) is 4.57. The average Bonchev–Trinajstić information content (AvgIpc) is 3.33. The molecule has 3 aromatic rings. The standard InChI is InChI=1S/C26H26N2O4S/c1-25(2)18(14-15-26(25,3)23(31)32)22(30)28-24-27-19(16-10-6-4-7-11-16)21(33-24)20(29)17-12-8-5-9-13-17/h4-13,18H,14-15H2,1-3H3,(H,31,32)(H,27,28,30)/t18-,26+/m1/s1. The third-order valence-corrected chi connectivity index (χ3v) is 8.13. The first-order valence-corrected chi connectivity index (χ1v) is 11.7. The topological polar surface area (TPSA) is 96.4 Å². The molecule has 2 N–H and O–H groups in total. The van der Waals surface area contributed by atoms with Crippen LogP contribution in [0.2, 0.25) is 0 Å². The first-order valence-electron chi connectivity index (χ1n) is 10.9. The zero-order valence-corrected chi connectivity index (χ0v) is 19.6. The van der Waals surface area contributed by atoms with E-state index in [1.807, 2.05) is 50.2 Å². The van der Waals surface area contributed by atoms with Gasteiger partial charge in [0, 0.05) is 17.0 Å². The summed E-state index contributed by atoms with van der Waals surface area (Å²) in [4.78, 5) is 43.4. The highest BCUT2D eigenvalue weighted by Gasteiger charge is 2.58. The SMILES string of the molecule is CC1(C)[C@@H](C(=O)Nc2nc(-c3ccccc3)c(C(=O)c3ccccc3)s2)CC[C@@]1(C)C(=O)O. The Kier molecular flexibility index (Phi) is 5.93. The summed E-state index contributed by atoms with van der Waals surface area (Å²) in [5.41, 5.74) is 0.136. The lowest BCUT2D eigenvalue weighted by atomic mass is 9.65. The highest BCUT2D eigenvalue weighted by atomic mass is 32.1. The van der Waals surface area contributed by atoms with E-state index in [1.165, 1.54) is 0 Å². The van der Waals surface area contributed by atoms with Crippen LogP contribution in [0.25, 0.3) is 11.3 Å². The number of amides is 1. The van der Waals surface area contributed by atoms with Crippen molar-refractivity contribution in [1.82, 2.24) is 4.98 Å². The molecule has 170 valence electrons. The lowest BCUT2D eigenvalue weighted by molar-refractivity contribution is -0.154. The van der Waals surface area contributed by atoms with Gasteiger partial charge in [-0.3, -0.25) is 14.4 Å². The van der Waals surface area contributed by atoms with E-state index in [0.717, 1.165) is 16.9 Å². The van der Waals surface area contributed by atoms with E-state index in [0.29, 0.717) is 34.1 Å². The number of nitrogens with zero attached hydrogens (tertiary/aromatic N) is 1. The molecule has 0 bridgehead atoms. The van der Waals surface area contributed by atoms with E-state index in [4.69, 9.17) is 0 Å². The summed E-state index contributed by atoms with van der Waals surface area (Å²) in [6, 6.07) is 18.4. The summed E-state index contributed by atoms with van der Waals surface area (Å²) in [6.07, 6.45) is 0.909. The molecule has 0 spiro atoms. The van der Waals surface area contributed by atoms with Crippen LogP contribution in [0.1, 0.15) is 48.8 Å². The number of nitrogens with one attached hydrogen (secondary N) is 1. The number of thiazole rings is 1. The van der Waals surface area contributed by atoms with Crippen molar-refractivity contribution in [2.45, 2.75) is 33.6 Å². The molecular weight excluding hydrogens is 436 g/mol. The second-order valence-corrected chi connectivity index (χ2v) is 10.2. The van der Waals surface area contributed by atoms with Gasteiger partial charge in [-0.2, -0.15) is 0 Å². The third kappa shape index (κ3) is 3.97. The Hall–Kier alpha value is -3.32. The van der Waals surface area contributed by atoms with Crippen molar-refractivity contribution in [3.63, 3.8) is 0 Å². The molecule has 6 nitrogen and oxygen atoms in total. The molecule has 2 aromatic carbocycles. The number of carboxylic acid groups (broad SMARTS) is 1. The Labute approximate surface area is 196 Å². The van der Waals surface area contributed by atoms with Gasteiger partial charge in [0.25, 0.3) is 0 Å². The largest absolute Gasteiger partial charge is 0.481 e. The first-order chi connectivity index (χ1) is 15.6. The van der Waals surface area contributed by atoms with Crippen LogP contribution in [0.5, 0.6) is 0 Å². The number of anilines is 1. The number of hydrogen-bond acceptors (Lipinski definition) is 5. The van der Waals surface area contributed by atoms with E-state index in [9.17, 15) is 19.5 Å². The molecule has 1 amide bonds. The third-order valence-electron chi connectivity index (χ3n) is 7.16. The van der Waals surface area contributed by atoms with Crippen molar-refractivity contribution in [2.24, 2.45) is 16.7 Å². The number of carbonyl (C=O) groups is 3. The summed E-state index contributed by atoms with van der Waals surface area (Å²) >= 11 is 1.14. The molecule has 1 aromatic heterocycles. The fourth-order valence-corrected chi connectivity index (χ4v) is 5.53. The van der Waals surface area contributed by atoms with E-state index in [-0.39, 0.29) is 11.7 Å². The van der Waals surface area contributed by atoms with Crippen molar-refractivity contribution in [3.05, 3.63) is 71.1 Å². The summed E-state index contributed by atoms with van der Waals surface area (Å²) in [7, 11) is 0. The van der Waals surface area contributed by atoms with Gasteiger partial charge in [-0.05, 0) is 25.2 Å². The monoisotopic (exact) mass is 462 g/mol. The van der Waals surface area contributed by atoms with Gasteiger partial charge in [-0.1, -0.05) is 85.8 Å². The van der Waals surface area contributed by atoms with Crippen LogP contribution >= 0.6 is 11.3 Å². The van der Waals surface area contributed by atoms with Gasteiger partial charge in [0.2, 0.25) is 11.7 Å². The molecule has 4 rings (SSSR count). The Balaban J connectivity index is 1.67. The molecule has 7 heteroatoms. The number of aliphatic carboxylic acids is 1. The van der Waals surface area contributed by atoms with Crippen molar-refractivity contribution in [2.75, 3.05) is 5.32 Å². The second-order valence-electron chi connectivity index (χ2n) is 9.20. The molecule has 2 atom stereocenters. The zero-order chi connectivity index (χ0) is 23.8. The Bertz CT molecular complexity index is 1200. The van der Waals surface area contributed by atoms with Gasteiger partial charge in [-0.25, -0.2) is 4.98 Å². The predicted molar refractivity (Wildman–Crippen MR) is 128 cm³/mol. The van der Waals surface area contributed by atoms with Crippen LogP contribution in [0, 0.1) is 16.7 Å². The lowest BCUT2D eigenvalue weighted by Crippen LogP contribution is -2.43. The van der Waals surface area contributed by atoms with Gasteiger partial charge in [0.1, 0.15) is 4.88 Å². The first kappa shape index (κ1) is 22.9. The maximum atomic E-state index is 13.3. The molecule has 0 unspecified atom stereocenters. The number of benzene rings is 2. The highest BCUT2D eigenvalue weighted by Crippen LogP contribution is 2.56. The Morgan fingerprint density at radius 3 is 2.18 bits per heavy atom. The van der Waals surface area contributed by atoms with Crippen LogP contribution < -0.4 is 5.32 Å². The van der Waals surface area contributed by atoms with Crippen molar-refractivity contribution in [1.29, 1.82) is 0 Å². The molecule has 1 fully saturated rings. The average molecular weight is 463 g/mol. The van der Waals surface area contributed by atoms with Crippen LogP contribution in [0.3, 0.4) is 0 Å². The second kappa shape index (κ2) is 8.56. The zero-order valence-electron chi connectivity index (χ0n) is 18.8. The minimum Gasteiger partial charge on any atom is -0.481 e. The van der Waals surface area contributed by atoms with Crippen LogP contribution in [-0.2, 0) is 9.59 Å². The van der Waals surface area contributed by atoms with E-state index in [1.54, 1.807) is 31.2 Å². The molecule has 0 saturated heterocycles. The number of ketones is 1.